The predicted molar refractivity (Wildman–Crippen MR) is 126 cm³/mol. The molecule has 4 atom stereocenters. The Morgan fingerprint density at radius 1 is 0.871 bits per heavy atom. The Morgan fingerprint density at radius 3 is 2.29 bits per heavy atom. The largest absolute Gasteiger partial charge is 0.485 e. The number of hydrogen-bond acceptors (Lipinski definition) is 2. The summed E-state index contributed by atoms with van der Waals surface area (Å²) in [5.41, 5.74) is 4.22. The molecule has 3 aliphatic rings. The molecule has 166 valence electrons. The lowest BCUT2D eigenvalue weighted by molar-refractivity contribution is 0.130. The van der Waals surface area contributed by atoms with E-state index in [0.29, 0.717) is 5.92 Å². The van der Waals surface area contributed by atoms with Crippen LogP contribution in [0.15, 0.2) is 48.5 Å². The molecule has 31 heavy (non-hydrogen) atoms. The first-order valence-corrected chi connectivity index (χ1v) is 12.6. The molecule has 2 aromatic rings. The summed E-state index contributed by atoms with van der Waals surface area (Å²) in [5.74, 6) is 5.54. The fourth-order valence-corrected chi connectivity index (χ4v) is 6.93. The van der Waals surface area contributed by atoms with Crippen LogP contribution in [0.1, 0.15) is 68.2 Å². The summed E-state index contributed by atoms with van der Waals surface area (Å²) in [4.78, 5) is 0. The van der Waals surface area contributed by atoms with Crippen molar-refractivity contribution in [3.63, 3.8) is 0 Å². The molecule has 0 spiro atoms. The van der Waals surface area contributed by atoms with E-state index in [4.69, 9.17) is 9.47 Å². The average Bonchev–Trinajstić information content (AvgIpc) is 3.45. The van der Waals surface area contributed by atoms with Crippen LogP contribution in [0.3, 0.4) is 0 Å². The van der Waals surface area contributed by atoms with Crippen LogP contribution in [0.4, 0.5) is 0 Å². The van der Waals surface area contributed by atoms with Crippen LogP contribution in [0.2, 0.25) is 0 Å². The van der Waals surface area contributed by atoms with E-state index in [1.165, 1.54) is 61.6 Å². The van der Waals surface area contributed by atoms with Gasteiger partial charge in [0.25, 0.3) is 0 Å². The molecule has 0 saturated heterocycles. The standard InChI is InChI=1S/C29H38O2/c1-3-20-14-24-16-22(17-25(24)15-20)18-26-19-23-6-4-5-7-28(23)29(26)31-27-10-8-21(9-11-27)12-13-30-2/h4-11,20,22,24-26,29H,3,12-19H2,1-2H3. The van der Waals surface area contributed by atoms with Crippen LogP contribution in [-0.4, -0.2) is 13.7 Å². The Kier molecular flexibility index (Phi) is 6.36. The Labute approximate surface area is 188 Å². The molecule has 5 rings (SSSR count). The molecule has 2 saturated carbocycles. The lowest BCUT2D eigenvalue weighted by Crippen LogP contribution is -2.18. The molecule has 0 N–H and O–H groups in total. The average molecular weight is 419 g/mol. The van der Waals surface area contributed by atoms with Gasteiger partial charge in [0.1, 0.15) is 11.9 Å². The minimum atomic E-state index is 0.199. The highest BCUT2D eigenvalue weighted by molar-refractivity contribution is 5.37. The summed E-state index contributed by atoms with van der Waals surface area (Å²) in [6, 6.07) is 17.6. The van der Waals surface area contributed by atoms with Crippen LogP contribution in [-0.2, 0) is 17.6 Å². The zero-order valence-electron chi connectivity index (χ0n) is 19.3. The molecule has 2 nitrogen and oxygen atoms in total. The Hall–Kier alpha value is -1.80. The van der Waals surface area contributed by atoms with Gasteiger partial charge in [0.05, 0.1) is 6.61 Å². The number of hydrogen-bond donors (Lipinski definition) is 0. The van der Waals surface area contributed by atoms with Crippen molar-refractivity contribution in [2.24, 2.45) is 29.6 Å². The van der Waals surface area contributed by atoms with Gasteiger partial charge in [-0.05, 0) is 97.4 Å². The summed E-state index contributed by atoms with van der Waals surface area (Å²) >= 11 is 0. The van der Waals surface area contributed by atoms with E-state index in [-0.39, 0.29) is 6.10 Å². The van der Waals surface area contributed by atoms with Crippen molar-refractivity contribution in [2.45, 2.75) is 64.4 Å². The molecule has 3 aliphatic carbocycles. The molecule has 0 aliphatic heterocycles. The number of rotatable bonds is 8. The van der Waals surface area contributed by atoms with E-state index >= 15 is 0 Å². The van der Waals surface area contributed by atoms with Crippen LogP contribution >= 0.6 is 0 Å². The number of ether oxygens (including phenoxy) is 2. The van der Waals surface area contributed by atoms with Crippen molar-refractivity contribution in [3.05, 3.63) is 65.2 Å². The fourth-order valence-electron chi connectivity index (χ4n) is 6.93. The normalized spacial score (nSPS) is 31.5. The van der Waals surface area contributed by atoms with Crippen molar-refractivity contribution in [3.8, 4) is 5.75 Å². The number of methoxy groups -OCH3 is 1. The van der Waals surface area contributed by atoms with Gasteiger partial charge in [-0.3, -0.25) is 0 Å². The van der Waals surface area contributed by atoms with E-state index in [1.54, 1.807) is 7.11 Å². The van der Waals surface area contributed by atoms with Crippen molar-refractivity contribution < 1.29 is 9.47 Å². The second kappa shape index (κ2) is 9.36. The van der Waals surface area contributed by atoms with Gasteiger partial charge in [0.15, 0.2) is 0 Å². The van der Waals surface area contributed by atoms with Gasteiger partial charge < -0.3 is 9.47 Å². The van der Waals surface area contributed by atoms with Crippen LogP contribution in [0.25, 0.3) is 0 Å². The summed E-state index contributed by atoms with van der Waals surface area (Å²) in [5, 5.41) is 0. The monoisotopic (exact) mass is 418 g/mol. The van der Waals surface area contributed by atoms with E-state index in [1.807, 2.05) is 0 Å². The topological polar surface area (TPSA) is 18.5 Å². The Bertz CT molecular complexity index is 843. The third-order valence-corrected chi connectivity index (χ3v) is 8.48. The van der Waals surface area contributed by atoms with Gasteiger partial charge in [-0.25, -0.2) is 0 Å². The minimum absolute atomic E-state index is 0.199. The summed E-state index contributed by atoms with van der Waals surface area (Å²) < 4.78 is 11.9. The molecule has 2 fully saturated rings. The van der Waals surface area contributed by atoms with Crippen molar-refractivity contribution >= 4 is 0 Å². The molecule has 2 heteroatoms. The minimum Gasteiger partial charge on any atom is -0.485 e. The van der Waals surface area contributed by atoms with Crippen LogP contribution in [0.5, 0.6) is 5.75 Å². The SMILES string of the molecule is CCC1CC2CC(CC3Cc4ccccc4C3Oc3ccc(CCOC)cc3)CC2C1. The first kappa shape index (κ1) is 21.1. The maximum absolute atomic E-state index is 6.68. The van der Waals surface area contributed by atoms with Gasteiger partial charge in [-0.2, -0.15) is 0 Å². The van der Waals surface area contributed by atoms with Gasteiger partial charge in [0, 0.05) is 13.0 Å². The lowest BCUT2D eigenvalue weighted by atomic mass is 9.87. The highest BCUT2D eigenvalue weighted by atomic mass is 16.5. The third-order valence-electron chi connectivity index (χ3n) is 8.48. The fraction of sp³-hybridized carbons (Fsp3) is 0.586. The van der Waals surface area contributed by atoms with E-state index in [2.05, 4.69) is 55.5 Å². The number of benzene rings is 2. The highest BCUT2D eigenvalue weighted by Crippen LogP contribution is 2.53. The number of fused-ring (bicyclic) bond motifs is 2. The van der Waals surface area contributed by atoms with Crippen molar-refractivity contribution in [1.29, 1.82) is 0 Å². The second-order valence-corrected chi connectivity index (χ2v) is 10.4. The van der Waals surface area contributed by atoms with Gasteiger partial charge in [-0.1, -0.05) is 49.7 Å². The summed E-state index contributed by atoms with van der Waals surface area (Å²) in [6.07, 6.45) is 11.0. The van der Waals surface area contributed by atoms with E-state index < -0.39 is 0 Å². The zero-order valence-corrected chi connectivity index (χ0v) is 19.3. The highest BCUT2D eigenvalue weighted by Gasteiger charge is 2.43. The maximum Gasteiger partial charge on any atom is 0.127 e. The molecule has 0 radical (unpaired) electrons. The van der Waals surface area contributed by atoms with Gasteiger partial charge in [0.2, 0.25) is 0 Å². The molecular formula is C29H38O2. The first-order chi connectivity index (χ1) is 15.2. The maximum atomic E-state index is 6.68. The predicted octanol–water partition coefficient (Wildman–Crippen LogP) is 7.02. The van der Waals surface area contributed by atoms with Gasteiger partial charge in [-0.15, -0.1) is 0 Å². The van der Waals surface area contributed by atoms with Crippen molar-refractivity contribution in [1.82, 2.24) is 0 Å². The molecule has 2 aromatic carbocycles. The van der Waals surface area contributed by atoms with Crippen LogP contribution in [0, 0.1) is 29.6 Å². The molecule has 0 aromatic heterocycles. The third kappa shape index (κ3) is 4.55. The zero-order chi connectivity index (χ0) is 21.2. The quantitative estimate of drug-likeness (QED) is 0.458. The van der Waals surface area contributed by atoms with Gasteiger partial charge >= 0.3 is 0 Å². The Balaban J connectivity index is 1.26. The Morgan fingerprint density at radius 2 is 1.58 bits per heavy atom. The van der Waals surface area contributed by atoms with E-state index in [0.717, 1.165) is 42.4 Å². The molecule has 4 unspecified atom stereocenters. The molecule has 0 amide bonds. The van der Waals surface area contributed by atoms with Crippen LogP contribution < -0.4 is 4.74 Å². The molecule has 0 bridgehead atoms. The second-order valence-electron chi connectivity index (χ2n) is 10.4. The smallest absolute Gasteiger partial charge is 0.127 e. The summed E-state index contributed by atoms with van der Waals surface area (Å²) in [7, 11) is 1.76. The lowest BCUT2D eigenvalue weighted by Gasteiger charge is -2.25. The van der Waals surface area contributed by atoms with E-state index in [9.17, 15) is 0 Å². The first-order valence-electron chi connectivity index (χ1n) is 12.6. The van der Waals surface area contributed by atoms with Crippen molar-refractivity contribution in [2.75, 3.05) is 13.7 Å². The molecule has 0 heterocycles. The molecular weight excluding hydrogens is 380 g/mol. The summed E-state index contributed by atoms with van der Waals surface area (Å²) in [6.45, 7) is 3.14.